The summed E-state index contributed by atoms with van der Waals surface area (Å²) >= 11 is 0. The van der Waals surface area contributed by atoms with Crippen molar-refractivity contribution >= 4 is 0 Å². The van der Waals surface area contributed by atoms with E-state index in [-0.39, 0.29) is 0 Å². The molecule has 2 aliphatic heterocycles. The third kappa shape index (κ3) is 4.47. The number of likely N-dealkylation sites (tertiary alicyclic amines) is 2. The summed E-state index contributed by atoms with van der Waals surface area (Å²) < 4.78 is 22.2. The molecule has 2 unspecified atom stereocenters. The van der Waals surface area contributed by atoms with Gasteiger partial charge in [0.15, 0.2) is 23.0 Å². The van der Waals surface area contributed by atoms with Crippen LogP contribution in [0.1, 0.15) is 37.1 Å². The first-order valence-corrected chi connectivity index (χ1v) is 11.3. The van der Waals surface area contributed by atoms with E-state index in [0.717, 1.165) is 60.6 Å². The van der Waals surface area contributed by atoms with Gasteiger partial charge in [0.1, 0.15) is 11.4 Å². The Hall–Kier alpha value is -2.58. The Balaban J connectivity index is 1.52. The molecule has 2 atom stereocenters. The molecule has 2 saturated heterocycles. The normalized spacial score (nSPS) is 21.6. The third-order valence-corrected chi connectivity index (χ3v) is 6.71. The van der Waals surface area contributed by atoms with Crippen molar-refractivity contribution in [3.8, 4) is 23.0 Å². The molecule has 4 heterocycles. The molecule has 2 aromatic heterocycles. The molecule has 0 radical (unpaired) electrons. The maximum atomic E-state index is 5.63. The molecule has 0 N–H and O–H groups in total. The first-order valence-electron chi connectivity index (χ1n) is 11.3. The summed E-state index contributed by atoms with van der Waals surface area (Å²) in [5, 5.41) is 0. The SMILES string of the molecule is COc1ccnc(CN2CCCC2C2CCCN2Cc2nccc(OC)c2OC)c1OC. The number of ether oxygens (including phenoxy) is 4. The number of hydrogen-bond acceptors (Lipinski definition) is 8. The van der Waals surface area contributed by atoms with Crippen LogP contribution in [-0.4, -0.2) is 73.4 Å². The summed E-state index contributed by atoms with van der Waals surface area (Å²) in [5.41, 5.74) is 1.86. The maximum absolute atomic E-state index is 5.63. The Morgan fingerprint density at radius 1 is 0.719 bits per heavy atom. The van der Waals surface area contributed by atoms with Crippen molar-refractivity contribution in [1.82, 2.24) is 19.8 Å². The van der Waals surface area contributed by atoms with E-state index in [9.17, 15) is 0 Å². The molecule has 4 rings (SSSR count). The predicted molar refractivity (Wildman–Crippen MR) is 122 cm³/mol. The Kier molecular flexibility index (Phi) is 7.32. The van der Waals surface area contributed by atoms with Crippen molar-refractivity contribution in [2.24, 2.45) is 0 Å². The minimum absolute atomic E-state index is 0.479. The van der Waals surface area contributed by atoms with Crippen LogP contribution in [0.4, 0.5) is 0 Å². The first-order chi connectivity index (χ1) is 15.7. The summed E-state index contributed by atoms with van der Waals surface area (Å²) in [4.78, 5) is 14.3. The number of methoxy groups -OCH3 is 4. The number of nitrogens with zero attached hydrogens (tertiary/aromatic N) is 4. The minimum Gasteiger partial charge on any atom is -0.493 e. The lowest BCUT2D eigenvalue weighted by Crippen LogP contribution is -2.45. The van der Waals surface area contributed by atoms with E-state index in [1.165, 1.54) is 25.7 Å². The van der Waals surface area contributed by atoms with E-state index in [1.807, 2.05) is 12.1 Å². The topological polar surface area (TPSA) is 69.2 Å². The first kappa shape index (κ1) is 22.6. The summed E-state index contributed by atoms with van der Waals surface area (Å²) in [7, 11) is 6.69. The van der Waals surface area contributed by atoms with E-state index in [2.05, 4.69) is 19.8 Å². The average Bonchev–Trinajstić information content (AvgIpc) is 3.47. The average molecular weight is 443 g/mol. The van der Waals surface area contributed by atoms with E-state index in [0.29, 0.717) is 12.1 Å². The van der Waals surface area contributed by atoms with Crippen LogP contribution >= 0.6 is 0 Å². The van der Waals surface area contributed by atoms with Crippen molar-refractivity contribution in [2.45, 2.75) is 50.9 Å². The van der Waals surface area contributed by atoms with Crippen molar-refractivity contribution in [2.75, 3.05) is 41.5 Å². The van der Waals surface area contributed by atoms with Gasteiger partial charge < -0.3 is 18.9 Å². The number of rotatable bonds is 9. The van der Waals surface area contributed by atoms with Gasteiger partial charge in [0, 0.05) is 49.7 Å². The molecule has 0 aliphatic carbocycles. The van der Waals surface area contributed by atoms with E-state index in [1.54, 1.807) is 40.8 Å². The molecule has 8 nitrogen and oxygen atoms in total. The molecule has 32 heavy (non-hydrogen) atoms. The van der Waals surface area contributed by atoms with Gasteiger partial charge in [-0.05, 0) is 38.8 Å². The molecular formula is C24H34N4O4. The van der Waals surface area contributed by atoms with Gasteiger partial charge in [-0.15, -0.1) is 0 Å². The van der Waals surface area contributed by atoms with Crippen LogP contribution in [0.2, 0.25) is 0 Å². The lowest BCUT2D eigenvalue weighted by Gasteiger charge is -2.35. The van der Waals surface area contributed by atoms with Crippen LogP contribution in [-0.2, 0) is 13.1 Å². The highest BCUT2D eigenvalue weighted by molar-refractivity contribution is 5.43. The lowest BCUT2D eigenvalue weighted by atomic mass is 10.0. The van der Waals surface area contributed by atoms with Gasteiger partial charge in [-0.2, -0.15) is 0 Å². The highest BCUT2D eigenvalue weighted by Gasteiger charge is 2.38. The van der Waals surface area contributed by atoms with Gasteiger partial charge in [0.25, 0.3) is 0 Å². The Morgan fingerprint density at radius 3 is 1.53 bits per heavy atom. The van der Waals surface area contributed by atoms with Crippen LogP contribution in [0.25, 0.3) is 0 Å². The molecule has 174 valence electrons. The van der Waals surface area contributed by atoms with Crippen molar-refractivity contribution in [3.63, 3.8) is 0 Å². The van der Waals surface area contributed by atoms with Crippen LogP contribution in [0.15, 0.2) is 24.5 Å². The number of hydrogen-bond donors (Lipinski definition) is 0. The molecule has 0 saturated carbocycles. The van der Waals surface area contributed by atoms with E-state index >= 15 is 0 Å². The molecule has 0 bridgehead atoms. The quantitative estimate of drug-likeness (QED) is 0.587. The Bertz CT molecular complexity index is 836. The Morgan fingerprint density at radius 2 is 1.16 bits per heavy atom. The molecule has 0 amide bonds. The second kappa shape index (κ2) is 10.4. The summed E-state index contributed by atoms with van der Waals surface area (Å²) in [6.07, 6.45) is 8.37. The number of aromatic nitrogens is 2. The summed E-state index contributed by atoms with van der Waals surface area (Å²) in [6, 6.07) is 4.65. The van der Waals surface area contributed by atoms with Gasteiger partial charge >= 0.3 is 0 Å². The summed E-state index contributed by atoms with van der Waals surface area (Å²) in [5.74, 6) is 2.92. The fourth-order valence-corrected chi connectivity index (χ4v) is 5.28. The van der Waals surface area contributed by atoms with Gasteiger partial charge in [-0.25, -0.2) is 0 Å². The predicted octanol–water partition coefficient (Wildman–Crippen LogP) is 3.14. The van der Waals surface area contributed by atoms with Gasteiger partial charge in [-0.1, -0.05) is 0 Å². The number of pyridine rings is 2. The molecule has 2 aromatic rings. The molecule has 2 fully saturated rings. The van der Waals surface area contributed by atoms with Gasteiger partial charge in [0.2, 0.25) is 0 Å². The zero-order valence-corrected chi connectivity index (χ0v) is 19.5. The van der Waals surface area contributed by atoms with E-state index in [4.69, 9.17) is 18.9 Å². The largest absolute Gasteiger partial charge is 0.493 e. The second-order valence-electron chi connectivity index (χ2n) is 8.35. The smallest absolute Gasteiger partial charge is 0.183 e. The fourth-order valence-electron chi connectivity index (χ4n) is 5.28. The van der Waals surface area contributed by atoms with Crippen LogP contribution in [0.5, 0.6) is 23.0 Å². The molecule has 8 heteroatoms. The Labute approximate surface area is 190 Å². The summed E-state index contributed by atoms with van der Waals surface area (Å²) in [6.45, 7) is 3.65. The minimum atomic E-state index is 0.479. The molecule has 2 aliphatic rings. The third-order valence-electron chi connectivity index (χ3n) is 6.71. The highest BCUT2D eigenvalue weighted by atomic mass is 16.5. The van der Waals surface area contributed by atoms with Crippen molar-refractivity contribution in [3.05, 3.63) is 35.9 Å². The lowest BCUT2D eigenvalue weighted by molar-refractivity contribution is 0.120. The van der Waals surface area contributed by atoms with E-state index < -0.39 is 0 Å². The van der Waals surface area contributed by atoms with Crippen molar-refractivity contribution < 1.29 is 18.9 Å². The van der Waals surface area contributed by atoms with Crippen LogP contribution < -0.4 is 18.9 Å². The van der Waals surface area contributed by atoms with Crippen LogP contribution in [0, 0.1) is 0 Å². The monoisotopic (exact) mass is 442 g/mol. The zero-order valence-electron chi connectivity index (χ0n) is 19.5. The zero-order chi connectivity index (χ0) is 22.5. The van der Waals surface area contributed by atoms with Crippen LogP contribution in [0.3, 0.4) is 0 Å². The van der Waals surface area contributed by atoms with Crippen molar-refractivity contribution in [1.29, 1.82) is 0 Å². The highest BCUT2D eigenvalue weighted by Crippen LogP contribution is 2.36. The standard InChI is InChI=1S/C24H34N4O4/c1-29-21-9-11-25-17(23(21)31-3)15-27-13-5-7-19(27)20-8-6-14-28(20)16-18-24(32-4)22(30-2)10-12-26-18/h9-12,19-20H,5-8,13-16H2,1-4H3. The second-order valence-corrected chi connectivity index (χ2v) is 8.35. The molecular weight excluding hydrogens is 408 g/mol. The molecule has 0 aromatic carbocycles. The van der Waals surface area contributed by atoms with Gasteiger partial charge in [-0.3, -0.25) is 19.8 Å². The van der Waals surface area contributed by atoms with Gasteiger partial charge in [0.05, 0.1) is 28.4 Å². The maximum Gasteiger partial charge on any atom is 0.183 e. The molecule has 0 spiro atoms. The fraction of sp³-hybridized carbons (Fsp3) is 0.583.